The van der Waals surface area contributed by atoms with Gasteiger partial charge in [-0.25, -0.2) is 19.2 Å². The van der Waals surface area contributed by atoms with Crippen molar-refractivity contribution in [2.45, 2.75) is 13.3 Å². The number of para-hydroxylation sites is 1. The molecule has 0 aliphatic rings. The molecule has 196 valence electrons. The summed E-state index contributed by atoms with van der Waals surface area (Å²) in [5, 5.41) is 0. The van der Waals surface area contributed by atoms with Crippen molar-refractivity contribution in [2.24, 2.45) is 0 Å². The highest BCUT2D eigenvalue weighted by molar-refractivity contribution is 5.97. The van der Waals surface area contributed by atoms with Gasteiger partial charge >= 0.3 is 23.9 Å². The van der Waals surface area contributed by atoms with Crippen molar-refractivity contribution in [2.75, 3.05) is 19.8 Å². The molecule has 0 aromatic heterocycles. The van der Waals surface area contributed by atoms with Gasteiger partial charge < -0.3 is 23.7 Å². The van der Waals surface area contributed by atoms with E-state index in [1.165, 1.54) is 48.5 Å². The Kier molecular flexibility index (Phi) is 10.2. The van der Waals surface area contributed by atoms with Gasteiger partial charge in [0.05, 0.1) is 17.7 Å². The summed E-state index contributed by atoms with van der Waals surface area (Å²) in [4.78, 5) is 48.4. The Labute approximate surface area is 219 Å². The molecule has 0 spiro atoms. The van der Waals surface area contributed by atoms with Crippen molar-refractivity contribution < 1.29 is 42.9 Å². The summed E-state index contributed by atoms with van der Waals surface area (Å²) in [6.45, 7) is 5.70. The van der Waals surface area contributed by atoms with Gasteiger partial charge in [-0.2, -0.15) is 0 Å². The van der Waals surface area contributed by atoms with Crippen LogP contribution in [0.1, 0.15) is 44.4 Å². The first-order valence-electron chi connectivity index (χ1n) is 11.7. The maximum atomic E-state index is 12.8. The summed E-state index contributed by atoms with van der Waals surface area (Å²) in [7, 11) is 0. The highest BCUT2D eigenvalue weighted by atomic mass is 16.6. The van der Waals surface area contributed by atoms with E-state index in [9.17, 15) is 19.2 Å². The lowest BCUT2D eigenvalue weighted by Gasteiger charge is -2.11. The lowest BCUT2D eigenvalue weighted by Crippen LogP contribution is -2.14. The Morgan fingerprint density at radius 1 is 0.684 bits per heavy atom. The van der Waals surface area contributed by atoms with E-state index < -0.39 is 23.9 Å². The van der Waals surface area contributed by atoms with Gasteiger partial charge in [0.15, 0.2) is 0 Å². The molecule has 0 amide bonds. The second kappa shape index (κ2) is 14.0. The lowest BCUT2D eigenvalue weighted by molar-refractivity contribution is -0.138. The molecule has 0 unspecified atom stereocenters. The maximum absolute atomic E-state index is 12.8. The number of carbonyl (C=O) groups excluding carboxylic acids is 4. The largest absolute Gasteiger partial charge is 0.490 e. The predicted molar refractivity (Wildman–Crippen MR) is 136 cm³/mol. The quantitative estimate of drug-likeness (QED) is 0.144. The van der Waals surface area contributed by atoms with E-state index in [1.807, 2.05) is 6.92 Å². The summed E-state index contributed by atoms with van der Waals surface area (Å²) in [6.07, 6.45) is 1.77. The second-order valence-corrected chi connectivity index (χ2v) is 7.68. The summed E-state index contributed by atoms with van der Waals surface area (Å²) in [5.74, 6) is -1.74. The minimum Gasteiger partial charge on any atom is -0.490 e. The molecule has 0 saturated carbocycles. The molecule has 3 aromatic rings. The molecule has 0 atom stereocenters. The van der Waals surface area contributed by atoms with Gasteiger partial charge in [-0.05, 0) is 67.1 Å². The number of hydrogen-bond acceptors (Lipinski definition) is 9. The van der Waals surface area contributed by atoms with Crippen LogP contribution in [0.15, 0.2) is 85.5 Å². The highest BCUT2D eigenvalue weighted by Gasteiger charge is 2.18. The SMILES string of the molecule is C=CC(=O)OCCOc1ccc(C(=O)Oc2ccccc2C(=O)Oc2ccc(C(=O)OCCC)cc2)cc1. The van der Waals surface area contributed by atoms with Gasteiger partial charge in [-0.1, -0.05) is 25.6 Å². The van der Waals surface area contributed by atoms with Crippen molar-refractivity contribution in [3.63, 3.8) is 0 Å². The molecule has 0 fully saturated rings. The molecule has 0 heterocycles. The van der Waals surface area contributed by atoms with Crippen LogP contribution in [0.4, 0.5) is 0 Å². The normalized spacial score (nSPS) is 10.1. The van der Waals surface area contributed by atoms with E-state index in [2.05, 4.69) is 6.58 Å². The molecule has 9 heteroatoms. The second-order valence-electron chi connectivity index (χ2n) is 7.68. The van der Waals surface area contributed by atoms with E-state index >= 15 is 0 Å². The molecule has 0 aliphatic carbocycles. The molecule has 0 radical (unpaired) electrons. The average molecular weight is 519 g/mol. The zero-order valence-electron chi connectivity index (χ0n) is 20.7. The zero-order valence-corrected chi connectivity index (χ0v) is 20.7. The molecule has 0 bridgehead atoms. The molecule has 0 aliphatic heterocycles. The third kappa shape index (κ3) is 8.06. The Morgan fingerprint density at radius 3 is 1.97 bits per heavy atom. The number of carbonyl (C=O) groups is 4. The van der Waals surface area contributed by atoms with Crippen molar-refractivity contribution in [1.82, 2.24) is 0 Å². The minimum absolute atomic E-state index is 0.0200. The van der Waals surface area contributed by atoms with Crippen molar-refractivity contribution in [3.05, 3.63) is 102 Å². The lowest BCUT2D eigenvalue weighted by atomic mass is 10.2. The van der Waals surface area contributed by atoms with Gasteiger partial charge in [0.1, 0.15) is 36.0 Å². The smallest absolute Gasteiger partial charge is 0.347 e. The third-order valence-corrected chi connectivity index (χ3v) is 4.90. The van der Waals surface area contributed by atoms with Crippen LogP contribution < -0.4 is 14.2 Å². The van der Waals surface area contributed by atoms with Crippen LogP contribution in [0.5, 0.6) is 17.2 Å². The molecular formula is C29H26O9. The van der Waals surface area contributed by atoms with Crippen LogP contribution >= 0.6 is 0 Å². The van der Waals surface area contributed by atoms with E-state index in [1.54, 1.807) is 24.3 Å². The summed E-state index contributed by atoms with van der Waals surface area (Å²) in [5.41, 5.74) is 0.602. The van der Waals surface area contributed by atoms with Gasteiger partial charge in [0, 0.05) is 6.08 Å². The number of hydrogen-bond donors (Lipinski definition) is 0. The van der Waals surface area contributed by atoms with Gasteiger partial charge in [-0.15, -0.1) is 0 Å². The average Bonchev–Trinajstić information content (AvgIpc) is 2.94. The van der Waals surface area contributed by atoms with Crippen LogP contribution in [-0.4, -0.2) is 43.7 Å². The molecular weight excluding hydrogens is 492 g/mol. The van der Waals surface area contributed by atoms with Gasteiger partial charge in [0.25, 0.3) is 0 Å². The standard InChI is InChI=1S/C29H26O9/c1-3-17-36-27(31)20-11-15-23(16-12-20)37-29(33)24-7-5-6-8-25(24)38-28(32)21-9-13-22(14-10-21)34-18-19-35-26(30)4-2/h4-16H,2-3,17-19H2,1H3. The number of ether oxygens (including phenoxy) is 5. The van der Waals surface area contributed by atoms with Crippen LogP contribution in [-0.2, 0) is 14.3 Å². The fourth-order valence-corrected chi connectivity index (χ4v) is 3.03. The van der Waals surface area contributed by atoms with Crippen LogP contribution in [0.2, 0.25) is 0 Å². The first-order chi connectivity index (χ1) is 18.4. The first-order valence-corrected chi connectivity index (χ1v) is 11.7. The molecule has 3 aromatic carbocycles. The molecule has 3 rings (SSSR count). The van der Waals surface area contributed by atoms with E-state index in [0.29, 0.717) is 24.3 Å². The summed E-state index contributed by atoms with van der Waals surface area (Å²) < 4.78 is 26.2. The predicted octanol–water partition coefficient (Wildman–Crippen LogP) is 4.80. The Morgan fingerprint density at radius 2 is 1.32 bits per heavy atom. The summed E-state index contributed by atoms with van der Waals surface area (Å²) >= 11 is 0. The maximum Gasteiger partial charge on any atom is 0.347 e. The van der Waals surface area contributed by atoms with Gasteiger partial charge in [-0.3, -0.25) is 0 Å². The zero-order chi connectivity index (χ0) is 27.3. The van der Waals surface area contributed by atoms with Crippen molar-refractivity contribution >= 4 is 23.9 Å². The number of rotatable bonds is 12. The molecule has 9 nitrogen and oxygen atoms in total. The fraction of sp³-hybridized carbons (Fsp3) is 0.172. The highest BCUT2D eigenvalue weighted by Crippen LogP contribution is 2.23. The summed E-state index contributed by atoms with van der Waals surface area (Å²) in [6, 6.07) is 18.2. The van der Waals surface area contributed by atoms with E-state index in [-0.39, 0.29) is 35.8 Å². The molecule has 0 saturated heterocycles. The van der Waals surface area contributed by atoms with Crippen LogP contribution in [0.3, 0.4) is 0 Å². The number of benzene rings is 3. The molecule has 0 N–H and O–H groups in total. The molecule has 38 heavy (non-hydrogen) atoms. The van der Waals surface area contributed by atoms with Crippen LogP contribution in [0, 0.1) is 0 Å². The Bertz CT molecular complexity index is 1280. The number of esters is 4. The van der Waals surface area contributed by atoms with Gasteiger partial charge in [0.2, 0.25) is 0 Å². The Hall–Kier alpha value is -4.92. The van der Waals surface area contributed by atoms with E-state index in [4.69, 9.17) is 23.7 Å². The van der Waals surface area contributed by atoms with Crippen molar-refractivity contribution in [1.29, 1.82) is 0 Å². The van der Waals surface area contributed by atoms with Crippen molar-refractivity contribution in [3.8, 4) is 17.2 Å². The Balaban J connectivity index is 1.59. The monoisotopic (exact) mass is 518 g/mol. The first kappa shape index (κ1) is 27.7. The van der Waals surface area contributed by atoms with E-state index in [0.717, 1.165) is 6.08 Å². The third-order valence-electron chi connectivity index (χ3n) is 4.90. The topological polar surface area (TPSA) is 114 Å². The fourth-order valence-electron chi connectivity index (χ4n) is 3.03. The van der Waals surface area contributed by atoms with Crippen LogP contribution in [0.25, 0.3) is 0 Å². The minimum atomic E-state index is -0.740.